The van der Waals surface area contributed by atoms with Gasteiger partial charge >= 0.3 is 6.09 Å². The fourth-order valence-corrected chi connectivity index (χ4v) is 2.13. The smallest absolute Gasteiger partial charge is 0.411 e. The van der Waals surface area contributed by atoms with Crippen LogP contribution in [0, 0.1) is 0 Å². The van der Waals surface area contributed by atoms with Crippen molar-refractivity contribution in [3.8, 4) is 0 Å². The van der Waals surface area contributed by atoms with Crippen LogP contribution in [0.15, 0.2) is 0 Å². The Kier molecular flexibility index (Phi) is 5.10. The Labute approximate surface area is 118 Å². The number of hydrogen-bond acceptors (Lipinski definition) is 3. The van der Waals surface area contributed by atoms with Gasteiger partial charge in [-0.25, -0.2) is 13.6 Å². The minimum absolute atomic E-state index is 0.219. The number of carbonyl (C=O) groups is 2. The van der Waals surface area contributed by atoms with Crippen LogP contribution in [-0.2, 0) is 9.53 Å². The monoisotopic (exact) mass is 291 g/mol. The van der Waals surface area contributed by atoms with Crippen molar-refractivity contribution in [2.45, 2.75) is 70.9 Å². The number of halogens is 2. The highest BCUT2D eigenvalue weighted by atomic mass is 19.3. The maximum absolute atomic E-state index is 13.5. The molecule has 0 N–H and O–H groups in total. The van der Waals surface area contributed by atoms with Crippen LogP contribution in [0.5, 0.6) is 0 Å². The zero-order valence-corrected chi connectivity index (χ0v) is 12.5. The van der Waals surface area contributed by atoms with Gasteiger partial charge < -0.3 is 4.74 Å². The van der Waals surface area contributed by atoms with Crippen LogP contribution in [0.3, 0.4) is 0 Å². The Morgan fingerprint density at radius 1 is 1.35 bits per heavy atom. The number of amides is 1. The molecule has 0 radical (unpaired) electrons. The number of alkyl halides is 2. The quantitative estimate of drug-likeness (QED) is 0.797. The highest BCUT2D eigenvalue weighted by Crippen LogP contribution is 2.34. The molecule has 1 atom stereocenters. The van der Waals surface area contributed by atoms with E-state index in [2.05, 4.69) is 0 Å². The second kappa shape index (κ2) is 6.06. The maximum atomic E-state index is 13.5. The van der Waals surface area contributed by atoms with E-state index in [1.807, 2.05) is 6.92 Å². The SMILES string of the molecule is CCCCC(=O)[C@H]1CC(F)(F)CN1C(=O)OC(C)(C)C. The summed E-state index contributed by atoms with van der Waals surface area (Å²) in [5, 5.41) is 0. The number of carbonyl (C=O) groups excluding carboxylic acids is 2. The van der Waals surface area contributed by atoms with Crippen LogP contribution < -0.4 is 0 Å². The molecule has 6 heteroatoms. The molecule has 0 bridgehead atoms. The molecule has 0 unspecified atom stereocenters. The van der Waals surface area contributed by atoms with Crippen LogP contribution in [0.4, 0.5) is 13.6 Å². The fourth-order valence-electron chi connectivity index (χ4n) is 2.13. The van der Waals surface area contributed by atoms with E-state index >= 15 is 0 Å². The van der Waals surface area contributed by atoms with Crippen molar-refractivity contribution in [3.63, 3.8) is 0 Å². The maximum Gasteiger partial charge on any atom is 0.411 e. The average molecular weight is 291 g/mol. The van der Waals surface area contributed by atoms with E-state index in [4.69, 9.17) is 4.74 Å². The number of likely N-dealkylation sites (tertiary alicyclic amines) is 1. The van der Waals surface area contributed by atoms with Gasteiger partial charge in [-0.05, 0) is 27.2 Å². The Hall–Kier alpha value is -1.20. The lowest BCUT2D eigenvalue weighted by Gasteiger charge is -2.27. The molecule has 0 aromatic carbocycles. The van der Waals surface area contributed by atoms with Crippen LogP contribution in [0.2, 0.25) is 0 Å². The minimum atomic E-state index is -3.02. The molecule has 0 aromatic rings. The molecular weight excluding hydrogens is 268 g/mol. The predicted octanol–water partition coefficient (Wildman–Crippen LogP) is 3.39. The molecule has 4 nitrogen and oxygen atoms in total. The lowest BCUT2D eigenvalue weighted by molar-refractivity contribution is -0.123. The topological polar surface area (TPSA) is 46.6 Å². The van der Waals surface area contributed by atoms with Crippen molar-refractivity contribution < 1.29 is 23.1 Å². The first-order valence-corrected chi connectivity index (χ1v) is 6.96. The van der Waals surface area contributed by atoms with Crippen molar-refractivity contribution in [2.24, 2.45) is 0 Å². The van der Waals surface area contributed by atoms with Gasteiger partial charge in [0.1, 0.15) is 5.60 Å². The van der Waals surface area contributed by atoms with Gasteiger partial charge in [-0.2, -0.15) is 0 Å². The van der Waals surface area contributed by atoms with Gasteiger partial charge in [-0.1, -0.05) is 13.3 Å². The number of Topliss-reactive ketones (excluding diaryl/α,β-unsaturated/α-hetero) is 1. The molecule has 1 saturated heterocycles. The van der Waals surface area contributed by atoms with Crippen molar-refractivity contribution in [3.05, 3.63) is 0 Å². The van der Waals surface area contributed by atoms with Crippen molar-refractivity contribution in [2.75, 3.05) is 6.54 Å². The standard InChI is InChI=1S/C14H23F2NO3/c1-5-6-7-11(18)10-8-14(15,16)9-17(10)12(19)20-13(2,3)4/h10H,5-9H2,1-4H3/t10-/m1/s1. The molecule has 0 saturated carbocycles. The first kappa shape index (κ1) is 16.9. The molecule has 1 heterocycles. The van der Waals surface area contributed by atoms with Gasteiger partial charge in [-0.15, -0.1) is 0 Å². The number of ketones is 1. The lowest BCUT2D eigenvalue weighted by atomic mass is 10.0. The van der Waals surface area contributed by atoms with E-state index in [9.17, 15) is 18.4 Å². The molecule has 0 aromatic heterocycles. The zero-order chi connectivity index (χ0) is 15.6. The van der Waals surface area contributed by atoms with Gasteiger partial charge in [0, 0.05) is 12.8 Å². The number of ether oxygens (including phenoxy) is 1. The number of rotatable bonds is 4. The largest absolute Gasteiger partial charge is 0.444 e. The van der Waals surface area contributed by atoms with E-state index < -0.39 is 36.6 Å². The van der Waals surface area contributed by atoms with E-state index in [0.29, 0.717) is 6.42 Å². The zero-order valence-electron chi connectivity index (χ0n) is 12.5. The third-order valence-corrected chi connectivity index (χ3v) is 3.05. The summed E-state index contributed by atoms with van der Waals surface area (Å²) in [7, 11) is 0. The molecule has 116 valence electrons. The Bertz CT molecular complexity index is 377. The van der Waals surface area contributed by atoms with Crippen LogP contribution in [0.1, 0.15) is 53.4 Å². The Balaban J connectivity index is 2.79. The Morgan fingerprint density at radius 2 is 1.95 bits per heavy atom. The molecule has 1 fully saturated rings. The lowest BCUT2D eigenvalue weighted by Crippen LogP contribution is -2.43. The van der Waals surface area contributed by atoms with Gasteiger partial charge in [-0.3, -0.25) is 9.69 Å². The molecule has 0 spiro atoms. The number of nitrogens with zero attached hydrogens (tertiary/aromatic N) is 1. The first-order valence-electron chi connectivity index (χ1n) is 6.96. The molecule has 20 heavy (non-hydrogen) atoms. The summed E-state index contributed by atoms with van der Waals surface area (Å²) in [6.45, 7) is 6.15. The molecule has 0 aliphatic carbocycles. The van der Waals surface area contributed by atoms with Gasteiger partial charge in [0.05, 0.1) is 12.6 Å². The molecule has 1 aliphatic heterocycles. The van der Waals surface area contributed by atoms with E-state index in [-0.39, 0.29) is 12.2 Å². The summed E-state index contributed by atoms with van der Waals surface area (Å²) >= 11 is 0. The van der Waals surface area contributed by atoms with Gasteiger partial charge in [0.2, 0.25) is 0 Å². The molecule has 1 amide bonds. The predicted molar refractivity (Wildman–Crippen MR) is 70.8 cm³/mol. The third-order valence-electron chi connectivity index (χ3n) is 3.05. The summed E-state index contributed by atoms with van der Waals surface area (Å²) in [6.07, 6.45) is 0.222. The number of hydrogen-bond donors (Lipinski definition) is 0. The van der Waals surface area contributed by atoms with E-state index in [0.717, 1.165) is 11.3 Å². The molecule has 1 aliphatic rings. The van der Waals surface area contributed by atoms with Crippen LogP contribution in [0.25, 0.3) is 0 Å². The normalized spacial score (nSPS) is 21.9. The summed E-state index contributed by atoms with van der Waals surface area (Å²) in [5.41, 5.74) is -0.772. The first-order chi connectivity index (χ1) is 9.06. The second-order valence-electron chi connectivity index (χ2n) is 6.25. The van der Waals surface area contributed by atoms with Gasteiger partial charge in [0.15, 0.2) is 5.78 Å². The average Bonchev–Trinajstić information content (AvgIpc) is 2.60. The molecule has 1 rings (SSSR count). The van der Waals surface area contributed by atoms with Crippen LogP contribution in [-0.4, -0.2) is 40.9 Å². The van der Waals surface area contributed by atoms with E-state index in [1.165, 1.54) is 0 Å². The minimum Gasteiger partial charge on any atom is -0.444 e. The fraction of sp³-hybridized carbons (Fsp3) is 0.857. The van der Waals surface area contributed by atoms with Gasteiger partial charge in [0.25, 0.3) is 5.92 Å². The summed E-state index contributed by atoms with van der Waals surface area (Å²) in [5.74, 6) is -3.33. The Morgan fingerprint density at radius 3 is 2.45 bits per heavy atom. The summed E-state index contributed by atoms with van der Waals surface area (Å²) < 4.78 is 32.1. The summed E-state index contributed by atoms with van der Waals surface area (Å²) in [6, 6.07) is -1.06. The summed E-state index contributed by atoms with van der Waals surface area (Å²) in [4.78, 5) is 24.8. The van der Waals surface area contributed by atoms with E-state index in [1.54, 1.807) is 20.8 Å². The van der Waals surface area contributed by atoms with Crippen LogP contribution >= 0.6 is 0 Å². The second-order valence-corrected chi connectivity index (χ2v) is 6.25. The highest BCUT2D eigenvalue weighted by Gasteiger charge is 2.50. The van der Waals surface area contributed by atoms with Crippen molar-refractivity contribution in [1.29, 1.82) is 0 Å². The highest BCUT2D eigenvalue weighted by molar-refractivity contribution is 5.88. The van der Waals surface area contributed by atoms with Crippen molar-refractivity contribution >= 4 is 11.9 Å². The molecular formula is C14H23F2NO3. The third kappa shape index (κ3) is 4.72. The van der Waals surface area contributed by atoms with Crippen molar-refractivity contribution in [1.82, 2.24) is 4.90 Å². The number of unbranched alkanes of at least 4 members (excludes halogenated alkanes) is 1.